The third-order valence-corrected chi connectivity index (χ3v) is 6.35. The van der Waals surface area contributed by atoms with Gasteiger partial charge in [0.25, 0.3) is 5.91 Å². The fraction of sp³-hybridized carbons (Fsp3) is 0.500. The average Bonchev–Trinajstić information content (AvgIpc) is 3.36. The van der Waals surface area contributed by atoms with Crippen molar-refractivity contribution >= 4 is 33.2 Å². The highest BCUT2D eigenvalue weighted by Gasteiger charge is 2.27. The normalized spacial score (nSPS) is 23.3. The molecule has 26 heavy (non-hydrogen) atoms. The predicted molar refractivity (Wildman–Crippen MR) is 104 cm³/mol. The maximum absolute atomic E-state index is 12.9. The average molecular weight is 372 g/mol. The number of nitrogens with zero attached hydrogens (tertiary/aromatic N) is 1. The number of rotatable bonds is 4. The molecule has 6 heteroatoms. The maximum Gasteiger partial charge on any atom is 0.253 e. The molecule has 2 fully saturated rings. The quantitative estimate of drug-likeness (QED) is 0.869. The number of nitrogens with one attached hydrogen (secondary N) is 2. The Balaban J connectivity index is 1.35. The van der Waals surface area contributed by atoms with Gasteiger partial charge in [-0.1, -0.05) is 0 Å². The second-order valence-electron chi connectivity index (χ2n) is 7.33. The molecule has 0 aliphatic carbocycles. The Kier molecular flexibility index (Phi) is 5.22. The molecule has 2 atom stereocenters. The summed E-state index contributed by atoms with van der Waals surface area (Å²) >= 11 is 1.69. The molecule has 1 aromatic carbocycles. The molecule has 5 nitrogen and oxygen atoms in total. The fourth-order valence-corrected chi connectivity index (χ4v) is 4.75. The first-order chi connectivity index (χ1) is 12.7. The molecule has 2 unspecified atom stereocenters. The molecule has 2 aliphatic heterocycles. The van der Waals surface area contributed by atoms with Crippen molar-refractivity contribution in [1.82, 2.24) is 15.5 Å². The summed E-state index contributed by atoms with van der Waals surface area (Å²) < 4.78 is 1.21. The Morgan fingerprint density at radius 2 is 2.15 bits per heavy atom. The van der Waals surface area contributed by atoms with E-state index in [1.54, 1.807) is 11.3 Å². The summed E-state index contributed by atoms with van der Waals surface area (Å²) in [5, 5.41) is 9.49. The zero-order valence-electron chi connectivity index (χ0n) is 14.9. The summed E-state index contributed by atoms with van der Waals surface area (Å²) in [5.74, 6) is 0.545. The highest BCUT2D eigenvalue weighted by Crippen LogP contribution is 2.24. The molecular formula is C20H25N3O2S. The lowest BCUT2D eigenvalue weighted by atomic mass is 9.97. The van der Waals surface area contributed by atoms with Gasteiger partial charge in [-0.2, -0.15) is 0 Å². The second-order valence-corrected chi connectivity index (χ2v) is 8.27. The largest absolute Gasteiger partial charge is 0.354 e. The van der Waals surface area contributed by atoms with E-state index in [0.717, 1.165) is 56.3 Å². The smallest absolute Gasteiger partial charge is 0.253 e. The van der Waals surface area contributed by atoms with Gasteiger partial charge in [0.2, 0.25) is 5.91 Å². The van der Waals surface area contributed by atoms with Crippen molar-refractivity contribution in [3.8, 4) is 0 Å². The van der Waals surface area contributed by atoms with Crippen molar-refractivity contribution < 1.29 is 9.59 Å². The van der Waals surface area contributed by atoms with Crippen LogP contribution >= 0.6 is 11.3 Å². The Morgan fingerprint density at radius 3 is 3.00 bits per heavy atom. The first-order valence-corrected chi connectivity index (χ1v) is 10.4. The molecule has 0 radical (unpaired) electrons. The molecule has 3 heterocycles. The third kappa shape index (κ3) is 3.76. The van der Waals surface area contributed by atoms with Gasteiger partial charge in [-0.15, -0.1) is 11.3 Å². The summed E-state index contributed by atoms with van der Waals surface area (Å²) in [5.41, 5.74) is 0.760. The molecule has 0 saturated carbocycles. The lowest BCUT2D eigenvalue weighted by Gasteiger charge is -2.33. The van der Waals surface area contributed by atoms with Gasteiger partial charge in [-0.25, -0.2) is 0 Å². The lowest BCUT2D eigenvalue weighted by molar-refractivity contribution is -0.123. The number of piperidine rings is 1. The molecule has 2 N–H and O–H groups in total. The first kappa shape index (κ1) is 17.5. The molecule has 1 aromatic heterocycles. The highest BCUT2D eigenvalue weighted by atomic mass is 32.1. The molecule has 138 valence electrons. The van der Waals surface area contributed by atoms with Gasteiger partial charge in [-0.05, 0) is 73.2 Å². The molecule has 4 rings (SSSR count). The Morgan fingerprint density at radius 1 is 1.23 bits per heavy atom. The van der Waals surface area contributed by atoms with Gasteiger partial charge >= 0.3 is 0 Å². The van der Waals surface area contributed by atoms with Crippen LogP contribution in [0.15, 0.2) is 29.6 Å². The molecule has 2 aliphatic rings. The van der Waals surface area contributed by atoms with Crippen molar-refractivity contribution in [2.24, 2.45) is 5.92 Å². The summed E-state index contributed by atoms with van der Waals surface area (Å²) in [6.45, 7) is 3.11. The number of hydrogen-bond donors (Lipinski definition) is 2. The van der Waals surface area contributed by atoms with Crippen LogP contribution in [-0.2, 0) is 4.79 Å². The van der Waals surface area contributed by atoms with Crippen LogP contribution in [0.25, 0.3) is 10.1 Å². The minimum Gasteiger partial charge on any atom is -0.354 e. The van der Waals surface area contributed by atoms with Crippen molar-refractivity contribution in [1.29, 1.82) is 0 Å². The molecule has 2 amide bonds. The number of carbonyl (C=O) groups excluding carboxylic acids is 2. The summed E-state index contributed by atoms with van der Waals surface area (Å²) in [4.78, 5) is 27.0. The minimum atomic E-state index is -0.0336. The van der Waals surface area contributed by atoms with E-state index in [9.17, 15) is 9.59 Å². The van der Waals surface area contributed by atoms with E-state index >= 15 is 0 Å². The van der Waals surface area contributed by atoms with Crippen LogP contribution in [0.3, 0.4) is 0 Å². The number of amides is 2. The number of fused-ring (bicyclic) bond motifs is 1. The Labute approximate surface area is 157 Å². The summed E-state index contributed by atoms with van der Waals surface area (Å²) in [7, 11) is 0. The standard InChI is InChI=1S/C20H25N3O2S/c24-19(17-4-1-8-21-17)22-12-14-3-2-9-23(13-14)20(25)16-5-6-18-15(11-16)7-10-26-18/h5-7,10-11,14,17,21H,1-4,8-9,12-13H2,(H,22,24). The Bertz CT molecular complexity index is 797. The molecule has 0 spiro atoms. The van der Waals surface area contributed by atoms with Gasteiger partial charge in [0.05, 0.1) is 6.04 Å². The predicted octanol–water partition coefficient (Wildman–Crippen LogP) is 2.62. The van der Waals surface area contributed by atoms with E-state index in [4.69, 9.17) is 0 Å². The monoisotopic (exact) mass is 371 g/mol. The van der Waals surface area contributed by atoms with Gasteiger partial charge in [0.15, 0.2) is 0 Å². The van der Waals surface area contributed by atoms with Crippen molar-refractivity contribution in [2.75, 3.05) is 26.2 Å². The van der Waals surface area contributed by atoms with Gasteiger partial charge in [0.1, 0.15) is 0 Å². The van der Waals surface area contributed by atoms with Crippen LogP contribution in [-0.4, -0.2) is 48.9 Å². The van der Waals surface area contributed by atoms with E-state index in [2.05, 4.69) is 22.1 Å². The van der Waals surface area contributed by atoms with E-state index in [0.29, 0.717) is 12.5 Å². The van der Waals surface area contributed by atoms with Crippen LogP contribution in [0.2, 0.25) is 0 Å². The van der Waals surface area contributed by atoms with Gasteiger partial charge in [-0.3, -0.25) is 9.59 Å². The van der Waals surface area contributed by atoms with Crippen LogP contribution in [0, 0.1) is 5.92 Å². The number of thiophene rings is 1. The third-order valence-electron chi connectivity index (χ3n) is 5.45. The number of hydrogen-bond acceptors (Lipinski definition) is 4. The van der Waals surface area contributed by atoms with E-state index in [-0.39, 0.29) is 17.9 Å². The lowest BCUT2D eigenvalue weighted by Crippen LogP contribution is -2.46. The molecule has 2 aromatic rings. The van der Waals surface area contributed by atoms with Gasteiger partial charge in [0, 0.05) is 29.9 Å². The summed E-state index contributed by atoms with van der Waals surface area (Å²) in [6, 6.07) is 7.98. The first-order valence-electron chi connectivity index (χ1n) is 9.48. The minimum absolute atomic E-state index is 0.0336. The van der Waals surface area contributed by atoms with Gasteiger partial charge < -0.3 is 15.5 Å². The van der Waals surface area contributed by atoms with Crippen LogP contribution < -0.4 is 10.6 Å². The van der Waals surface area contributed by atoms with Crippen LogP contribution in [0.4, 0.5) is 0 Å². The van der Waals surface area contributed by atoms with Crippen LogP contribution in [0.5, 0.6) is 0 Å². The van der Waals surface area contributed by atoms with Crippen molar-refractivity contribution in [3.63, 3.8) is 0 Å². The zero-order chi connectivity index (χ0) is 17.9. The molecule has 0 bridgehead atoms. The topological polar surface area (TPSA) is 61.4 Å². The number of likely N-dealkylation sites (tertiary alicyclic amines) is 1. The summed E-state index contributed by atoms with van der Waals surface area (Å²) in [6.07, 6.45) is 4.05. The SMILES string of the molecule is O=C(NCC1CCCN(C(=O)c2ccc3sccc3c2)C1)C1CCCN1. The van der Waals surface area contributed by atoms with E-state index in [1.807, 2.05) is 23.1 Å². The highest BCUT2D eigenvalue weighted by molar-refractivity contribution is 7.17. The fourth-order valence-electron chi connectivity index (χ4n) is 3.97. The Hall–Kier alpha value is -1.92. The van der Waals surface area contributed by atoms with E-state index in [1.165, 1.54) is 4.70 Å². The molecule has 2 saturated heterocycles. The number of carbonyl (C=O) groups is 2. The number of benzene rings is 1. The van der Waals surface area contributed by atoms with Crippen molar-refractivity contribution in [2.45, 2.75) is 31.7 Å². The van der Waals surface area contributed by atoms with Crippen LogP contribution in [0.1, 0.15) is 36.0 Å². The second kappa shape index (κ2) is 7.76. The maximum atomic E-state index is 12.9. The van der Waals surface area contributed by atoms with E-state index < -0.39 is 0 Å². The van der Waals surface area contributed by atoms with Crippen molar-refractivity contribution in [3.05, 3.63) is 35.2 Å². The molecular weight excluding hydrogens is 346 g/mol. The zero-order valence-corrected chi connectivity index (χ0v) is 15.7.